The topological polar surface area (TPSA) is 105 Å². The Morgan fingerprint density at radius 2 is 2.09 bits per heavy atom. The number of carbonyl (C=O) groups is 1. The molecule has 1 atom stereocenters. The van der Waals surface area contributed by atoms with E-state index in [4.69, 9.17) is 9.15 Å². The number of hydrogen-bond acceptors (Lipinski definition) is 6. The van der Waals surface area contributed by atoms with Gasteiger partial charge in [0.25, 0.3) is 0 Å². The van der Waals surface area contributed by atoms with Crippen LogP contribution in [0.5, 0.6) is 0 Å². The van der Waals surface area contributed by atoms with Gasteiger partial charge in [0, 0.05) is 0 Å². The molecule has 0 saturated carbocycles. The van der Waals surface area contributed by atoms with Gasteiger partial charge in [-0.05, 0) is 0 Å². The van der Waals surface area contributed by atoms with Crippen LogP contribution in [0.1, 0.15) is 32.3 Å². The number of nitrogens with one attached hydrogen (secondary N) is 3. The van der Waals surface area contributed by atoms with Crippen molar-refractivity contribution in [3.63, 3.8) is 0 Å². The van der Waals surface area contributed by atoms with Gasteiger partial charge in [0.05, 0.1) is 0 Å². The summed E-state index contributed by atoms with van der Waals surface area (Å²) < 4.78 is 21.6. The van der Waals surface area contributed by atoms with E-state index in [1.807, 2.05) is 18.2 Å². The fraction of sp³-hybridized carbons (Fsp3) is 0.500. The van der Waals surface area contributed by atoms with Crippen LogP contribution >= 0.6 is 20.4 Å². The van der Waals surface area contributed by atoms with Crippen molar-refractivity contribution in [3.05, 3.63) is 23.8 Å². The fourth-order valence-electron chi connectivity index (χ4n) is 3.10. The molecule has 0 aromatic carbocycles. The number of ether oxygens (including phenoxy) is 1. The summed E-state index contributed by atoms with van der Waals surface area (Å²) in [5, 5.41) is 0. The number of esters is 1. The van der Waals surface area contributed by atoms with E-state index in [0.717, 1.165) is 29.6 Å². The van der Waals surface area contributed by atoms with Crippen molar-refractivity contribution in [1.82, 2.24) is 10.6 Å². The van der Waals surface area contributed by atoms with Crippen molar-refractivity contribution in [2.24, 2.45) is 0 Å². The van der Waals surface area contributed by atoms with E-state index in [9.17, 15) is 4.79 Å². The molecule has 2 bridgehead atoms. The summed E-state index contributed by atoms with van der Waals surface area (Å²) in [5.41, 5.74) is 2.11. The Kier molecular flexibility index (Phi) is 2.75. The van der Waals surface area contributed by atoms with Gasteiger partial charge < -0.3 is 0 Å². The van der Waals surface area contributed by atoms with E-state index >= 15 is 0 Å². The number of fused-ring (bicyclic) bond motifs is 3. The maximum atomic E-state index is 12.9. The Labute approximate surface area is 146 Å². The molecule has 0 spiro atoms. The second-order valence-electron chi connectivity index (χ2n) is 5.83. The van der Waals surface area contributed by atoms with Gasteiger partial charge in [0.1, 0.15) is 0 Å². The molecule has 0 amide bonds. The summed E-state index contributed by atoms with van der Waals surface area (Å²) in [7, 11) is 0. The maximum absolute atomic E-state index is 12.9. The summed E-state index contributed by atoms with van der Waals surface area (Å²) in [4.78, 5) is 12.9. The van der Waals surface area contributed by atoms with Gasteiger partial charge in [-0.25, -0.2) is 0 Å². The van der Waals surface area contributed by atoms with E-state index < -0.39 is 29.5 Å². The van der Waals surface area contributed by atoms with Crippen LogP contribution in [-0.4, -0.2) is 13.2 Å². The molecule has 3 N–H and O–H groups in total. The molecule has 2 aromatic heterocycles. The van der Waals surface area contributed by atoms with Crippen LogP contribution in [0, 0.1) is 0 Å². The van der Waals surface area contributed by atoms with Crippen molar-refractivity contribution in [2.75, 3.05) is 0 Å². The second kappa shape index (κ2) is 4.26. The van der Waals surface area contributed by atoms with Crippen molar-refractivity contribution in [3.8, 4) is 0 Å². The van der Waals surface area contributed by atoms with Gasteiger partial charge in [0.15, 0.2) is 0 Å². The Morgan fingerprint density at radius 3 is 2.50 bits per heavy atom. The Bertz CT molecular complexity index is 762. The molecule has 1 unspecified atom stereocenters. The minimum atomic E-state index is -1.16. The SMILES string of the molecule is CCC(CC)(OC(=O)C1(C23NI2N3)N[I-]1)c1cc2ccc1o2. The molecule has 8 heteroatoms. The molecular formula is C14H16I2N3O3-. The predicted octanol–water partition coefficient (Wildman–Crippen LogP) is -1.07. The third-order valence-electron chi connectivity index (χ3n) is 4.80. The van der Waals surface area contributed by atoms with Crippen LogP contribution in [0.15, 0.2) is 22.6 Å². The summed E-state index contributed by atoms with van der Waals surface area (Å²) in [6.45, 7) is 4.14. The first-order valence-corrected chi connectivity index (χ1v) is 12.7. The molecule has 120 valence electrons. The van der Waals surface area contributed by atoms with Crippen LogP contribution < -0.4 is 32.1 Å². The number of halogens is 2. The third kappa shape index (κ3) is 1.62. The minimum absolute atomic E-state index is 0.0458. The normalized spacial score (nSPS) is 29.8. The Hall–Kier alpha value is -0.170. The number of benzene rings is 1. The van der Waals surface area contributed by atoms with Gasteiger partial charge in [-0.3, -0.25) is 0 Å². The molecule has 3 fully saturated rings. The zero-order valence-corrected chi connectivity index (χ0v) is 16.4. The van der Waals surface area contributed by atoms with Crippen molar-refractivity contribution in [2.45, 2.75) is 39.5 Å². The Morgan fingerprint density at radius 1 is 1.41 bits per heavy atom. The van der Waals surface area contributed by atoms with Gasteiger partial charge in [-0.1, -0.05) is 0 Å². The number of rotatable bonds is 6. The van der Waals surface area contributed by atoms with Gasteiger partial charge in [0.2, 0.25) is 0 Å². The fourth-order valence-corrected chi connectivity index (χ4v) is 13.1. The predicted molar refractivity (Wildman–Crippen MR) is 84.6 cm³/mol. The number of alkyl halides is 2. The molecule has 2 aromatic rings. The summed E-state index contributed by atoms with van der Waals surface area (Å²) >= 11 is -1.47. The molecule has 3 aliphatic heterocycles. The zero-order chi connectivity index (χ0) is 15.2. The number of furan rings is 2. The summed E-state index contributed by atoms with van der Waals surface area (Å²) in [6.07, 6.45) is 1.50. The molecule has 0 aliphatic carbocycles. The molecule has 6 nitrogen and oxygen atoms in total. The van der Waals surface area contributed by atoms with Gasteiger partial charge in [-0.2, -0.15) is 0 Å². The Balaban J connectivity index is 1.48. The average molecular weight is 528 g/mol. The zero-order valence-electron chi connectivity index (χ0n) is 12.1. The first-order valence-electron chi connectivity index (χ1n) is 7.32. The quantitative estimate of drug-likeness (QED) is 0.110. The van der Waals surface area contributed by atoms with Crippen LogP contribution in [-0.2, 0) is 15.1 Å². The van der Waals surface area contributed by atoms with Crippen LogP contribution in [0.3, 0.4) is 0 Å². The first-order chi connectivity index (χ1) is 10.6. The third-order valence-corrected chi connectivity index (χ3v) is 13.3. The molecule has 3 aliphatic rings. The van der Waals surface area contributed by atoms with Gasteiger partial charge in [-0.15, -0.1) is 0 Å². The molecule has 5 heterocycles. The van der Waals surface area contributed by atoms with E-state index in [0.29, 0.717) is 0 Å². The van der Waals surface area contributed by atoms with Crippen LogP contribution in [0.25, 0.3) is 11.2 Å². The van der Waals surface area contributed by atoms with Crippen molar-refractivity contribution < 1.29 is 35.4 Å². The molecule has 0 radical (unpaired) electrons. The van der Waals surface area contributed by atoms with E-state index in [1.165, 1.54) is 0 Å². The average Bonchev–Trinajstić information content (AvgIpc) is 3.43. The molecule has 5 rings (SSSR count). The number of hydrogen-bond donors (Lipinski definition) is 3. The standard InChI is InChI=1S/C14H16I2N3O3/c1-3-12(4-2,9-7-8-5-6-10(9)21-8)22-11(20)13(15-17-13)14-16(18-14)19-14/h5-7,17-19H,3-4H2,1-2H3/q-1. The molecule has 22 heavy (non-hydrogen) atoms. The molecule has 3 saturated heterocycles. The van der Waals surface area contributed by atoms with Crippen molar-refractivity contribution in [1.29, 1.82) is 0 Å². The monoisotopic (exact) mass is 528 g/mol. The van der Waals surface area contributed by atoms with E-state index in [1.54, 1.807) is 0 Å². The number of carbonyl (C=O) groups excluding carboxylic acids is 1. The van der Waals surface area contributed by atoms with E-state index in [-0.39, 0.29) is 31.1 Å². The van der Waals surface area contributed by atoms with Crippen LogP contribution in [0.2, 0.25) is 0 Å². The van der Waals surface area contributed by atoms with Gasteiger partial charge >= 0.3 is 147 Å². The van der Waals surface area contributed by atoms with Crippen molar-refractivity contribution >= 4 is 37.5 Å². The van der Waals surface area contributed by atoms with E-state index in [2.05, 4.69) is 24.4 Å². The first kappa shape index (κ1) is 14.2. The second-order valence-corrected chi connectivity index (χ2v) is 12.8. The summed E-state index contributed by atoms with van der Waals surface area (Å²) in [6, 6.07) is 5.92. The van der Waals surface area contributed by atoms with Crippen LogP contribution in [0.4, 0.5) is 0 Å². The molecular weight excluding hydrogens is 512 g/mol. The summed E-state index contributed by atoms with van der Waals surface area (Å²) in [5.74, 6) is -0.0837.